The molecule has 1 unspecified atom stereocenters. The van der Waals surface area contributed by atoms with Crippen LogP contribution in [-0.4, -0.2) is 13.7 Å². The summed E-state index contributed by atoms with van der Waals surface area (Å²) in [5.41, 5.74) is 6.40. The molecule has 2 nitrogen and oxygen atoms in total. The predicted molar refractivity (Wildman–Crippen MR) is 68.7 cm³/mol. The first kappa shape index (κ1) is 14.0. The minimum Gasteiger partial charge on any atom is -0.494 e. The fourth-order valence-electron chi connectivity index (χ4n) is 1.80. The van der Waals surface area contributed by atoms with E-state index in [1.165, 1.54) is 7.11 Å². The van der Waals surface area contributed by atoms with E-state index in [0.717, 1.165) is 0 Å². The van der Waals surface area contributed by atoms with Crippen molar-refractivity contribution in [2.75, 3.05) is 13.7 Å². The van der Waals surface area contributed by atoms with Crippen molar-refractivity contribution < 1.29 is 9.13 Å². The van der Waals surface area contributed by atoms with Crippen LogP contribution >= 0.6 is 0 Å². The van der Waals surface area contributed by atoms with E-state index in [4.69, 9.17) is 10.5 Å². The Hall–Kier alpha value is -1.09. The van der Waals surface area contributed by atoms with Crippen molar-refractivity contribution >= 4 is 0 Å². The van der Waals surface area contributed by atoms with Gasteiger partial charge in [0.15, 0.2) is 11.6 Å². The highest BCUT2D eigenvalue weighted by atomic mass is 19.1. The summed E-state index contributed by atoms with van der Waals surface area (Å²) in [6.45, 7) is 6.87. The summed E-state index contributed by atoms with van der Waals surface area (Å²) in [6.07, 6.45) is 0.629. The average molecular weight is 239 g/mol. The molecule has 0 aliphatic heterocycles. The SMILES string of the molecule is COc1cccc(CC(C)(CN)C(C)C)c1F. The van der Waals surface area contributed by atoms with Gasteiger partial charge in [-0.25, -0.2) is 4.39 Å². The van der Waals surface area contributed by atoms with Crippen LogP contribution in [-0.2, 0) is 6.42 Å². The minimum atomic E-state index is -0.268. The molecule has 2 N–H and O–H groups in total. The van der Waals surface area contributed by atoms with Gasteiger partial charge in [-0.1, -0.05) is 32.9 Å². The summed E-state index contributed by atoms with van der Waals surface area (Å²) in [6, 6.07) is 5.25. The number of rotatable bonds is 5. The summed E-state index contributed by atoms with van der Waals surface area (Å²) >= 11 is 0. The molecule has 96 valence electrons. The van der Waals surface area contributed by atoms with E-state index >= 15 is 0 Å². The first-order valence-electron chi connectivity index (χ1n) is 5.96. The van der Waals surface area contributed by atoms with Gasteiger partial charge in [-0.3, -0.25) is 0 Å². The number of halogens is 1. The Bertz CT molecular complexity index is 378. The van der Waals surface area contributed by atoms with Crippen molar-refractivity contribution in [3.63, 3.8) is 0 Å². The molecule has 0 spiro atoms. The molecule has 0 bridgehead atoms. The molecule has 0 aliphatic carbocycles. The molecule has 0 aromatic heterocycles. The molecular formula is C14H22FNO. The van der Waals surface area contributed by atoms with Gasteiger partial charge in [0.25, 0.3) is 0 Å². The van der Waals surface area contributed by atoms with Gasteiger partial charge in [0.2, 0.25) is 0 Å². The van der Waals surface area contributed by atoms with Crippen molar-refractivity contribution in [1.29, 1.82) is 0 Å². The molecule has 0 saturated heterocycles. The van der Waals surface area contributed by atoms with Crippen molar-refractivity contribution in [3.8, 4) is 5.75 Å². The molecule has 0 saturated carbocycles. The summed E-state index contributed by atoms with van der Waals surface area (Å²) < 4.78 is 19.0. The summed E-state index contributed by atoms with van der Waals surface area (Å²) in [5, 5.41) is 0. The van der Waals surface area contributed by atoms with E-state index in [1.54, 1.807) is 12.1 Å². The van der Waals surface area contributed by atoms with Crippen LogP contribution in [0.1, 0.15) is 26.3 Å². The van der Waals surface area contributed by atoms with Crippen molar-refractivity contribution in [1.82, 2.24) is 0 Å². The molecule has 0 fully saturated rings. The first-order chi connectivity index (χ1) is 7.94. The maximum atomic E-state index is 14.0. The molecule has 1 aromatic carbocycles. The van der Waals surface area contributed by atoms with Crippen LogP contribution in [0.5, 0.6) is 5.75 Å². The van der Waals surface area contributed by atoms with Gasteiger partial charge in [-0.15, -0.1) is 0 Å². The Balaban J connectivity index is 3.02. The quantitative estimate of drug-likeness (QED) is 0.857. The van der Waals surface area contributed by atoms with Gasteiger partial charge in [-0.05, 0) is 35.9 Å². The Kier molecular flexibility index (Phi) is 4.52. The Morgan fingerprint density at radius 3 is 2.53 bits per heavy atom. The highest BCUT2D eigenvalue weighted by Gasteiger charge is 2.28. The standard InChI is InChI=1S/C14H22FNO/c1-10(2)14(3,9-16)8-11-6-5-7-12(17-4)13(11)15/h5-7,10H,8-9,16H2,1-4H3. The van der Waals surface area contributed by atoms with E-state index in [0.29, 0.717) is 30.2 Å². The second kappa shape index (κ2) is 5.50. The van der Waals surface area contributed by atoms with Crippen LogP contribution in [0.15, 0.2) is 18.2 Å². The fourth-order valence-corrected chi connectivity index (χ4v) is 1.80. The zero-order chi connectivity index (χ0) is 13.1. The molecule has 17 heavy (non-hydrogen) atoms. The van der Waals surface area contributed by atoms with Crippen LogP contribution in [0.25, 0.3) is 0 Å². The fraction of sp³-hybridized carbons (Fsp3) is 0.571. The van der Waals surface area contributed by atoms with Gasteiger partial charge < -0.3 is 10.5 Å². The Morgan fingerprint density at radius 2 is 2.06 bits per heavy atom. The van der Waals surface area contributed by atoms with Crippen LogP contribution in [0, 0.1) is 17.2 Å². The average Bonchev–Trinajstić information content (AvgIpc) is 2.31. The summed E-state index contributed by atoms with van der Waals surface area (Å²) in [4.78, 5) is 0. The van der Waals surface area contributed by atoms with Gasteiger partial charge in [0.05, 0.1) is 7.11 Å². The maximum Gasteiger partial charge on any atom is 0.168 e. The molecule has 0 amide bonds. The van der Waals surface area contributed by atoms with Gasteiger partial charge >= 0.3 is 0 Å². The highest BCUT2D eigenvalue weighted by molar-refractivity contribution is 5.31. The van der Waals surface area contributed by atoms with Crippen LogP contribution < -0.4 is 10.5 Å². The lowest BCUT2D eigenvalue weighted by Crippen LogP contribution is -2.35. The van der Waals surface area contributed by atoms with Crippen molar-refractivity contribution in [2.24, 2.45) is 17.1 Å². The number of hydrogen-bond donors (Lipinski definition) is 1. The van der Waals surface area contributed by atoms with E-state index in [9.17, 15) is 4.39 Å². The van der Waals surface area contributed by atoms with Gasteiger partial charge in [-0.2, -0.15) is 0 Å². The number of methoxy groups -OCH3 is 1. The number of hydrogen-bond acceptors (Lipinski definition) is 2. The molecule has 0 aliphatic rings. The van der Waals surface area contributed by atoms with Crippen molar-refractivity contribution in [3.05, 3.63) is 29.6 Å². The zero-order valence-electron chi connectivity index (χ0n) is 11.1. The molecule has 0 radical (unpaired) electrons. The Morgan fingerprint density at radius 1 is 1.41 bits per heavy atom. The minimum absolute atomic E-state index is 0.0901. The topological polar surface area (TPSA) is 35.2 Å². The lowest BCUT2D eigenvalue weighted by molar-refractivity contribution is 0.224. The second-order valence-electron chi connectivity index (χ2n) is 5.12. The molecule has 0 heterocycles. The third-order valence-corrected chi connectivity index (χ3v) is 3.72. The third kappa shape index (κ3) is 2.97. The third-order valence-electron chi connectivity index (χ3n) is 3.72. The number of nitrogens with two attached hydrogens (primary N) is 1. The molecule has 1 rings (SSSR count). The highest BCUT2D eigenvalue weighted by Crippen LogP contribution is 2.32. The zero-order valence-corrected chi connectivity index (χ0v) is 11.1. The van der Waals surface area contributed by atoms with Crippen LogP contribution in [0.4, 0.5) is 4.39 Å². The van der Waals surface area contributed by atoms with E-state index in [-0.39, 0.29) is 11.2 Å². The van der Waals surface area contributed by atoms with Crippen molar-refractivity contribution in [2.45, 2.75) is 27.2 Å². The molecule has 1 aromatic rings. The largest absolute Gasteiger partial charge is 0.494 e. The lowest BCUT2D eigenvalue weighted by atomic mass is 9.74. The smallest absolute Gasteiger partial charge is 0.168 e. The van der Waals surface area contributed by atoms with Gasteiger partial charge in [0, 0.05) is 0 Å². The maximum absolute atomic E-state index is 14.0. The second-order valence-corrected chi connectivity index (χ2v) is 5.12. The van der Waals surface area contributed by atoms with Crippen LogP contribution in [0.3, 0.4) is 0 Å². The summed E-state index contributed by atoms with van der Waals surface area (Å²) in [7, 11) is 1.48. The predicted octanol–water partition coefficient (Wildman–Crippen LogP) is 3.00. The lowest BCUT2D eigenvalue weighted by Gasteiger charge is -2.32. The normalized spacial score (nSPS) is 14.8. The molecule has 1 atom stereocenters. The Labute approximate surface area is 103 Å². The van der Waals surface area contributed by atoms with E-state index in [2.05, 4.69) is 20.8 Å². The van der Waals surface area contributed by atoms with Gasteiger partial charge in [0.1, 0.15) is 0 Å². The number of ether oxygens (including phenoxy) is 1. The summed E-state index contributed by atoms with van der Waals surface area (Å²) in [5.74, 6) is 0.430. The van der Waals surface area contributed by atoms with E-state index < -0.39 is 0 Å². The molecular weight excluding hydrogens is 217 g/mol. The monoisotopic (exact) mass is 239 g/mol. The molecule has 3 heteroatoms. The number of benzene rings is 1. The van der Waals surface area contributed by atoms with E-state index in [1.807, 2.05) is 6.07 Å². The first-order valence-corrected chi connectivity index (χ1v) is 5.96. The van der Waals surface area contributed by atoms with Crippen LogP contribution in [0.2, 0.25) is 0 Å².